The van der Waals surface area contributed by atoms with E-state index in [0.29, 0.717) is 18.3 Å². The number of ether oxygens (including phenoxy) is 1. The first-order chi connectivity index (χ1) is 7.67. The molecule has 0 spiro atoms. The van der Waals surface area contributed by atoms with E-state index in [9.17, 15) is 9.59 Å². The summed E-state index contributed by atoms with van der Waals surface area (Å²) in [4.78, 5) is 26.3. The zero-order valence-electron chi connectivity index (χ0n) is 9.45. The molecule has 0 atom stereocenters. The Balaban J connectivity index is 2.22. The van der Waals surface area contributed by atoms with Gasteiger partial charge in [-0.05, 0) is 0 Å². The average molecular weight is 293 g/mol. The molecule has 1 saturated heterocycles. The molecule has 1 rings (SSSR count). The number of nitrogens with zero attached hydrogens (tertiary/aromatic N) is 2. The highest BCUT2D eigenvalue weighted by molar-refractivity contribution is 9.09. The van der Waals surface area contributed by atoms with Crippen LogP contribution in [0.3, 0.4) is 0 Å². The third kappa shape index (κ3) is 4.09. The molecule has 0 unspecified atom stereocenters. The van der Waals surface area contributed by atoms with E-state index < -0.39 is 0 Å². The Bertz CT molecular complexity index is 252. The lowest BCUT2D eigenvalue weighted by molar-refractivity contribution is -0.141. The van der Waals surface area contributed by atoms with Crippen molar-refractivity contribution < 1.29 is 14.3 Å². The molecular weight excluding hydrogens is 276 g/mol. The summed E-state index contributed by atoms with van der Waals surface area (Å²) in [6.07, 6.45) is 0.420. The van der Waals surface area contributed by atoms with Crippen molar-refractivity contribution in [3.63, 3.8) is 0 Å². The molecule has 1 aliphatic rings. The van der Waals surface area contributed by atoms with E-state index in [4.69, 9.17) is 0 Å². The largest absolute Gasteiger partial charge is 0.469 e. The summed E-state index contributed by atoms with van der Waals surface area (Å²) < 4.78 is 4.58. The van der Waals surface area contributed by atoms with Crippen LogP contribution in [0.4, 0.5) is 0 Å². The number of hydrogen-bond acceptors (Lipinski definition) is 4. The van der Waals surface area contributed by atoms with E-state index in [0.717, 1.165) is 26.2 Å². The van der Waals surface area contributed by atoms with Gasteiger partial charge in [-0.15, -0.1) is 0 Å². The quantitative estimate of drug-likeness (QED) is 0.544. The lowest BCUT2D eigenvalue weighted by Gasteiger charge is -2.34. The number of carbonyl (C=O) groups excluding carboxylic acids is 2. The van der Waals surface area contributed by atoms with E-state index in [1.165, 1.54) is 7.11 Å². The highest BCUT2D eigenvalue weighted by atomic mass is 79.9. The minimum absolute atomic E-state index is 0.132. The highest BCUT2D eigenvalue weighted by Crippen LogP contribution is 2.04. The summed E-state index contributed by atoms with van der Waals surface area (Å²) in [5, 5.41) is 0.384. The number of piperazine rings is 1. The fourth-order valence-electron chi connectivity index (χ4n) is 1.66. The van der Waals surface area contributed by atoms with Gasteiger partial charge in [-0.25, -0.2) is 0 Å². The van der Waals surface area contributed by atoms with Gasteiger partial charge < -0.3 is 9.64 Å². The van der Waals surface area contributed by atoms with Crippen LogP contribution in [0.15, 0.2) is 0 Å². The monoisotopic (exact) mass is 292 g/mol. The van der Waals surface area contributed by atoms with Crippen molar-refractivity contribution >= 4 is 27.8 Å². The molecule has 5 nitrogen and oxygen atoms in total. The van der Waals surface area contributed by atoms with Crippen molar-refractivity contribution in [3.05, 3.63) is 0 Å². The second-order valence-electron chi connectivity index (χ2n) is 3.68. The van der Waals surface area contributed by atoms with E-state index in [1.807, 2.05) is 4.90 Å². The Hall–Kier alpha value is -0.620. The molecule has 0 aromatic heterocycles. The Morgan fingerprint density at radius 2 is 1.88 bits per heavy atom. The standard InChI is InChI=1S/C10H17BrN2O3/c1-16-10(15)2-3-12-4-6-13(7-5-12)9(14)8-11/h2-8H2,1H3. The van der Waals surface area contributed by atoms with Crippen LogP contribution in [0.2, 0.25) is 0 Å². The molecule has 1 heterocycles. The molecule has 0 saturated carbocycles. The first-order valence-corrected chi connectivity index (χ1v) is 6.42. The van der Waals surface area contributed by atoms with Crippen molar-refractivity contribution in [1.82, 2.24) is 9.80 Å². The number of amides is 1. The zero-order valence-corrected chi connectivity index (χ0v) is 11.0. The van der Waals surface area contributed by atoms with Gasteiger partial charge in [0.2, 0.25) is 5.91 Å². The summed E-state index contributed by atoms with van der Waals surface area (Å²) in [6, 6.07) is 0. The molecule has 0 bridgehead atoms. The zero-order chi connectivity index (χ0) is 12.0. The second kappa shape index (κ2) is 6.85. The third-order valence-electron chi connectivity index (χ3n) is 2.70. The van der Waals surface area contributed by atoms with Gasteiger partial charge in [0.1, 0.15) is 0 Å². The van der Waals surface area contributed by atoms with Crippen LogP contribution in [0, 0.1) is 0 Å². The molecule has 0 N–H and O–H groups in total. The van der Waals surface area contributed by atoms with E-state index in [1.54, 1.807) is 0 Å². The van der Waals surface area contributed by atoms with Crippen molar-refractivity contribution in [2.75, 3.05) is 45.2 Å². The van der Waals surface area contributed by atoms with Crippen molar-refractivity contribution in [2.45, 2.75) is 6.42 Å². The van der Waals surface area contributed by atoms with Crippen LogP contribution in [0.5, 0.6) is 0 Å². The van der Waals surface area contributed by atoms with Gasteiger partial charge in [0.15, 0.2) is 0 Å². The van der Waals surface area contributed by atoms with Crippen LogP contribution < -0.4 is 0 Å². The molecule has 1 amide bonds. The van der Waals surface area contributed by atoms with Crippen LogP contribution in [0.25, 0.3) is 0 Å². The maximum absolute atomic E-state index is 11.4. The summed E-state index contributed by atoms with van der Waals surface area (Å²) in [6.45, 7) is 3.85. The molecule has 16 heavy (non-hydrogen) atoms. The van der Waals surface area contributed by atoms with Crippen LogP contribution in [0.1, 0.15) is 6.42 Å². The summed E-state index contributed by atoms with van der Waals surface area (Å²) >= 11 is 3.16. The fourth-order valence-corrected chi connectivity index (χ4v) is 2.01. The Morgan fingerprint density at radius 3 is 2.38 bits per heavy atom. The van der Waals surface area contributed by atoms with E-state index in [2.05, 4.69) is 25.6 Å². The Morgan fingerprint density at radius 1 is 1.25 bits per heavy atom. The fraction of sp³-hybridized carbons (Fsp3) is 0.800. The summed E-state index contributed by atoms with van der Waals surface area (Å²) in [5.74, 6) is -0.0495. The van der Waals surface area contributed by atoms with E-state index >= 15 is 0 Å². The molecule has 1 aliphatic heterocycles. The van der Waals surface area contributed by atoms with Gasteiger partial charge in [0.25, 0.3) is 0 Å². The van der Waals surface area contributed by atoms with Gasteiger partial charge in [0, 0.05) is 32.7 Å². The number of halogens is 1. The molecule has 6 heteroatoms. The molecule has 92 valence electrons. The maximum Gasteiger partial charge on any atom is 0.306 e. The first-order valence-electron chi connectivity index (χ1n) is 5.30. The Kier molecular flexibility index (Phi) is 5.76. The SMILES string of the molecule is COC(=O)CCN1CCN(C(=O)CBr)CC1. The average Bonchev–Trinajstić information content (AvgIpc) is 2.35. The number of esters is 1. The minimum Gasteiger partial charge on any atom is -0.469 e. The van der Waals surface area contributed by atoms with Crippen molar-refractivity contribution in [3.8, 4) is 0 Å². The lowest BCUT2D eigenvalue weighted by Crippen LogP contribution is -2.49. The van der Waals surface area contributed by atoms with Gasteiger partial charge in [0.05, 0.1) is 18.9 Å². The molecule has 1 fully saturated rings. The second-order valence-corrected chi connectivity index (χ2v) is 4.24. The van der Waals surface area contributed by atoms with Crippen LogP contribution in [-0.2, 0) is 14.3 Å². The highest BCUT2D eigenvalue weighted by Gasteiger charge is 2.20. The Labute approximate surface area is 104 Å². The smallest absolute Gasteiger partial charge is 0.306 e. The topological polar surface area (TPSA) is 49.9 Å². The maximum atomic E-state index is 11.4. The van der Waals surface area contributed by atoms with Gasteiger partial charge in [-0.2, -0.15) is 0 Å². The third-order valence-corrected chi connectivity index (χ3v) is 3.18. The van der Waals surface area contributed by atoms with Crippen molar-refractivity contribution in [1.29, 1.82) is 0 Å². The molecule has 0 aromatic rings. The van der Waals surface area contributed by atoms with E-state index in [-0.39, 0.29) is 11.9 Å². The first kappa shape index (κ1) is 13.4. The lowest BCUT2D eigenvalue weighted by atomic mass is 10.3. The number of carbonyl (C=O) groups is 2. The predicted octanol–water partition coefficient (Wildman–Crippen LogP) is 0.0886. The van der Waals surface area contributed by atoms with Gasteiger partial charge >= 0.3 is 5.97 Å². The number of hydrogen-bond donors (Lipinski definition) is 0. The minimum atomic E-state index is -0.182. The predicted molar refractivity (Wildman–Crippen MR) is 63.4 cm³/mol. The summed E-state index contributed by atoms with van der Waals surface area (Å²) in [7, 11) is 1.40. The van der Waals surface area contributed by atoms with Crippen LogP contribution in [-0.4, -0.2) is 66.8 Å². The molecule has 0 aliphatic carbocycles. The molecule has 0 radical (unpaired) electrons. The number of methoxy groups -OCH3 is 1. The number of alkyl halides is 1. The normalized spacial score (nSPS) is 17.2. The van der Waals surface area contributed by atoms with Gasteiger partial charge in [-0.3, -0.25) is 14.5 Å². The summed E-state index contributed by atoms with van der Waals surface area (Å²) in [5.41, 5.74) is 0. The molecular formula is C10H17BrN2O3. The van der Waals surface area contributed by atoms with Gasteiger partial charge in [-0.1, -0.05) is 15.9 Å². The van der Waals surface area contributed by atoms with Crippen molar-refractivity contribution in [2.24, 2.45) is 0 Å². The number of rotatable bonds is 4. The van der Waals surface area contributed by atoms with Crippen LogP contribution >= 0.6 is 15.9 Å². The molecule has 0 aromatic carbocycles.